The Balaban J connectivity index is 0.0000120. The van der Waals surface area contributed by atoms with E-state index in [1.807, 2.05) is 12.1 Å². The number of nitrogens with zero attached hydrogens (tertiary/aromatic N) is 2. The van der Waals surface area contributed by atoms with E-state index in [1.165, 1.54) is 154 Å². The molecule has 0 fully saturated rings. The van der Waals surface area contributed by atoms with Crippen LogP contribution in [0.25, 0.3) is 0 Å². The molecular weight excluding hydrogens is 687 g/mol. The van der Waals surface area contributed by atoms with Crippen molar-refractivity contribution >= 4 is 22.8 Å². The predicted octanol–water partition coefficient (Wildman–Crippen LogP) is 16.0. The van der Waals surface area contributed by atoms with Crippen molar-refractivity contribution in [3.8, 4) is 0 Å². The molecule has 0 aliphatic rings. The van der Waals surface area contributed by atoms with Crippen molar-refractivity contribution in [1.29, 1.82) is 0 Å². The van der Waals surface area contributed by atoms with Gasteiger partial charge in [-0.25, -0.2) is 4.99 Å². The van der Waals surface area contributed by atoms with Gasteiger partial charge in [-0.1, -0.05) is 210 Å². The standard InChI is InChI=1S/C46H74N2.Pd/c1-3-5-7-8-9-10-11-12-13-14-15-16-17-18-19-20-21-22-23-24-25-26-27-28-29-36-42-46(48-44-39-34-31-35-40-44)45(41-6-4-2)47-43-37-32-30-33-38-43;/h30-40,42H,3-29,41H2,1-2H3;. The van der Waals surface area contributed by atoms with E-state index in [-0.39, 0.29) is 20.4 Å². The fourth-order valence-corrected chi connectivity index (χ4v) is 6.50. The summed E-state index contributed by atoms with van der Waals surface area (Å²) in [6.45, 7) is 4.55. The molecule has 0 N–H and O–H groups in total. The molecule has 0 saturated carbocycles. The average Bonchev–Trinajstić information content (AvgIpc) is 3.12. The number of hydrogen-bond acceptors (Lipinski definition) is 2. The number of unbranched alkanes of at least 4 members (excludes halogenated alkanes) is 25. The van der Waals surface area contributed by atoms with Gasteiger partial charge in [0.25, 0.3) is 0 Å². The van der Waals surface area contributed by atoms with Gasteiger partial charge in [-0.15, -0.1) is 0 Å². The van der Waals surface area contributed by atoms with Crippen LogP contribution < -0.4 is 0 Å². The first-order valence-electron chi connectivity index (χ1n) is 20.8. The molecule has 2 aromatic carbocycles. The second kappa shape index (κ2) is 34.6. The molecule has 2 aromatic rings. The molecular formula is C46H74N2Pd. The Morgan fingerprint density at radius 2 is 0.776 bits per heavy atom. The van der Waals surface area contributed by atoms with Gasteiger partial charge in [0.05, 0.1) is 22.8 Å². The summed E-state index contributed by atoms with van der Waals surface area (Å²) < 4.78 is 0. The van der Waals surface area contributed by atoms with Gasteiger partial charge in [0.1, 0.15) is 0 Å². The number of benzene rings is 2. The van der Waals surface area contributed by atoms with Gasteiger partial charge >= 0.3 is 0 Å². The fourth-order valence-electron chi connectivity index (χ4n) is 6.50. The van der Waals surface area contributed by atoms with Crippen LogP contribution in [0, 0.1) is 0 Å². The van der Waals surface area contributed by atoms with Crippen LogP contribution in [-0.2, 0) is 20.4 Å². The molecule has 0 amide bonds. The van der Waals surface area contributed by atoms with Crippen LogP contribution in [0.2, 0.25) is 0 Å². The number of hydrogen-bond donors (Lipinski definition) is 0. The molecule has 0 unspecified atom stereocenters. The molecule has 0 atom stereocenters. The van der Waals surface area contributed by atoms with Gasteiger partial charge in [-0.2, -0.15) is 0 Å². The third kappa shape index (κ3) is 26.6. The van der Waals surface area contributed by atoms with Crippen molar-refractivity contribution in [2.75, 3.05) is 0 Å². The first-order chi connectivity index (χ1) is 23.8. The molecule has 278 valence electrons. The van der Waals surface area contributed by atoms with Crippen molar-refractivity contribution in [3.63, 3.8) is 0 Å². The summed E-state index contributed by atoms with van der Waals surface area (Å²) in [5.74, 6) is 0. The van der Waals surface area contributed by atoms with Crippen LogP contribution in [0.5, 0.6) is 0 Å². The maximum Gasteiger partial charge on any atom is 0.0848 e. The first kappa shape index (κ1) is 45.2. The van der Waals surface area contributed by atoms with Gasteiger partial charge in [-0.05, 0) is 56.0 Å². The number of rotatable bonds is 32. The number of para-hydroxylation sites is 2. The van der Waals surface area contributed by atoms with Crippen LogP contribution in [0.3, 0.4) is 0 Å². The van der Waals surface area contributed by atoms with Crippen LogP contribution in [0.4, 0.5) is 11.4 Å². The van der Waals surface area contributed by atoms with Gasteiger partial charge < -0.3 is 0 Å². The number of allylic oxidation sites excluding steroid dienone is 2. The third-order valence-corrected chi connectivity index (χ3v) is 9.59. The normalized spacial score (nSPS) is 12.1. The zero-order valence-corrected chi connectivity index (χ0v) is 33.5. The third-order valence-electron chi connectivity index (χ3n) is 9.59. The molecule has 0 aliphatic heterocycles. The first-order valence-corrected chi connectivity index (χ1v) is 20.8. The topological polar surface area (TPSA) is 24.7 Å². The van der Waals surface area contributed by atoms with E-state index < -0.39 is 0 Å². The second-order valence-electron chi connectivity index (χ2n) is 14.2. The van der Waals surface area contributed by atoms with Crippen molar-refractivity contribution in [3.05, 3.63) is 72.8 Å². The molecule has 0 radical (unpaired) electrons. The summed E-state index contributed by atoms with van der Waals surface area (Å²) in [5.41, 5.74) is 4.08. The maximum atomic E-state index is 5.04. The monoisotopic (exact) mass is 760 g/mol. The minimum atomic E-state index is 0. The van der Waals surface area contributed by atoms with Crippen LogP contribution in [-0.4, -0.2) is 11.4 Å². The largest absolute Gasteiger partial charge is 0.251 e. The summed E-state index contributed by atoms with van der Waals surface area (Å²) in [6, 6.07) is 20.6. The van der Waals surface area contributed by atoms with E-state index in [0.29, 0.717) is 0 Å². The quantitative estimate of drug-likeness (QED) is 0.0403. The van der Waals surface area contributed by atoms with Crippen molar-refractivity contribution in [1.82, 2.24) is 0 Å². The van der Waals surface area contributed by atoms with Crippen molar-refractivity contribution < 1.29 is 20.4 Å². The van der Waals surface area contributed by atoms with Gasteiger partial charge in [0.15, 0.2) is 0 Å². The molecule has 49 heavy (non-hydrogen) atoms. The van der Waals surface area contributed by atoms with E-state index >= 15 is 0 Å². The second-order valence-corrected chi connectivity index (χ2v) is 14.2. The van der Waals surface area contributed by atoms with E-state index in [0.717, 1.165) is 48.5 Å². The van der Waals surface area contributed by atoms with Crippen LogP contribution in [0.1, 0.15) is 194 Å². The van der Waals surface area contributed by atoms with Crippen molar-refractivity contribution in [2.24, 2.45) is 9.98 Å². The Labute approximate surface area is 318 Å². The smallest absolute Gasteiger partial charge is 0.0848 e. The Morgan fingerprint density at radius 1 is 0.429 bits per heavy atom. The Kier molecular flexibility index (Phi) is 31.9. The fraction of sp³-hybridized carbons (Fsp3) is 0.652. The van der Waals surface area contributed by atoms with Crippen LogP contribution >= 0.6 is 0 Å². The average molecular weight is 762 g/mol. The minimum absolute atomic E-state index is 0. The van der Waals surface area contributed by atoms with E-state index in [2.05, 4.69) is 74.5 Å². The minimum Gasteiger partial charge on any atom is -0.251 e. The van der Waals surface area contributed by atoms with Gasteiger partial charge in [0, 0.05) is 20.4 Å². The molecule has 0 heterocycles. The molecule has 0 saturated heterocycles. The summed E-state index contributed by atoms with van der Waals surface area (Å²) in [4.78, 5) is 10.1. The molecule has 0 bridgehead atoms. The molecule has 3 heteroatoms. The molecule has 2 rings (SSSR count). The van der Waals surface area contributed by atoms with Crippen molar-refractivity contribution in [2.45, 2.75) is 194 Å². The Bertz CT molecular complexity index is 1060. The van der Waals surface area contributed by atoms with E-state index in [9.17, 15) is 0 Å². The zero-order valence-electron chi connectivity index (χ0n) is 31.9. The Hall–Kier alpha value is -1.82. The molecule has 0 aromatic heterocycles. The maximum absolute atomic E-state index is 5.04. The zero-order chi connectivity index (χ0) is 34.0. The summed E-state index contributed by atoms with van der Waals surface area (Å²) in [6.07, 6.45) is 43.3. The molecule has 0 aliphatic carbocycles. The molecule has 2 nitrogen and oxygen atoms in total. The van der Waals surface area contributed by atoms with E-state index in [1.54, 1.807) is 0 Å². The SMILES string of the molecule is CCCCCCCCCCCCCCCCCCCCCCCCCCC=CC(=Nc1ccccc1)C(CCCC)=Nc1ccccc1.[Pd]. The van der Waals surface area contributed by atoms with Gasteiger partial charge in [0.2, 0.25) is 0 Å². The van der Waals surface area contributed by atoms with Crippen LogP contribution in [0.15, 0.2) is 82.8 Å². The van der Waals surface area contributed by atoms with Gasteiger partial charge in [-0.3, -0.25) is 4.99 Å². The Morgan fingerprint density at radius 3 is 1.16 bits per heavy atom. The summed E-state index contributed by atoms with van der Waals surface area (Å²) >= 11 is 0. The summed E-state index contributed by atoms with van der Waals surface area (Å²) in [5, 5.41) is 0. The molecule has 0 spiro atoms. The number of aliphatic imine (C=N–C) groups is 2. The predicted molar refractivity (Wildman–Crippen MR) is 217 cm³/mol. The van der Waals surface area contributed by atoms with E-state index in [4.69, 9.17) is 9.98 Å². The summed E-state index contributed by atoms with van der Waals surface area (Å²) in [7, 11) is 0.